The van der Waals surface area contributed by atoms with Gasteiger partial charge >= 0.3 is 0 Å². The number of aliphatic imine (C=N–C) groups is 2. The Balaban J connectivity index is 1.02. The molecule has 2 aromatic rings. The number of nitrogens with one attached hydrogen (secondary N) is 6. The standard InChI is InChI=1S/C61H90N16O10/c1-4-41(58(87)76-22-12-19-46(76)55(84)72-43(18-11-21-69-60(66)67)52(81)71-42(51(63)80)17-10-20-68-59(64)65)70-53(82)45(28-48(62)78)74-57(86)50(34(2)3)75-54(83)44(26-35-13-6-5-7-14-35)73-56(85)47-27-39-15-8-9-16-40(39)33-77(47)49(79)32-61-29-36-23-37(30-61)25-38(24-36)31-61/h5-9,13-16,34,36-38,41-47,50H,4,10-12,17-33H2,1-3H3,(H2,62,78)(H2,63,80)(H,70,82)(H,71,81)(H,72,84)(H,73,85)(H,74,86)(H,75,83)(H4,64,65,68)(H4,66,67,69)/t36?,37?,38?,41-,42-,43-,44-,45-,46-,47-,50-,61?/m0/s1. The predicted molar refractivity (Wildman–Crippen MR) is 324 cm³/mol. The van der Waals surface area contributed by atoms with Gasteiger partial charge in [-0.25, -0.2) is 0 Å². The lowest BCUT2D eigenvalue weighted by atomic mass is 9.49. The van der Waals surface area contributed by atoms with Gasteiger partial charge in [-0.15, -0.1) is 0 Å². The quantitative estimate of drug-likeness (QED) is 0.0260. The molecular formula is C61H90N16O10. The Bertz CT molecular complexity index is 2860. The first-order chi connectivity index (χ1) is 41.4. The number of benzene rings is 2. The Hall–Kier alpha value is -8.32. The topological polar surface area (TPSA) is 430 Å². The molecule has 4 bridgehead atoms. The lowest BCUT2D eigenvalue weighted by Crippen LogP contribution is -2.61. The molecule has 18 N–H and O–H groups in total. The summed E-state index contributed by atoms with van der Waals surface area (Å²) in [6.45, 7) is 5.55. The summed E-state index contributed by atoms with van der Waals surface area (Å²) < 4.78 is 0. The molecule has 4 saturated carbocycles. The van der Waals surface area contributed by atoms with E-state index in [1.54, 1.807) is 49.9 Å². The fourth-order valence-electron chi connectivity index (χ4n) is 14.0. The number of carbonyl (C=O) groups is 10. The zero-order valence-electron chi connectivity index (χ0n) is 50.3. The number of hydrogen-bond donors (Lipinski definition) is 12. The van der Waals surface area contributed by atoms with Crippen LogP contribution in [0.5, 0.6) is 0 Å². The molecular weight excluding hydrogens is 1120 g/mol. The van der Waals surface area contributed by atoms with Gasteiger partial charge in [0.25, 0.3) is 0 Å². The molecule has 0 unspecified atom stereocenters. The van der Waals surface area contributed by atoms with Gasteiger partial charge in [-0.3, -0.25) is 57.9 Å². The van der Waals surface area contributed by atoms with E-state index in [1.165, 1.54) is 24.2 Å². The van der Waals surface area contributed by atoms with Crippen LogP contribution >= 0.6 is 0 Å². The van der Waals surface area contributed by atoms with Gasteiger partial charge in [0.2, 0.25) is 59.1 Å². The number of nitrogens with zero attached hydrogens (tertiary/aromatic N) is 4. The number of fused-ring (bicyclic) bond motifs is 1. The van der Waals surface area contributed by atoms with Crippen LogP contribution in [0.3, 0.4) is 0 Å². The molecule has 2 aliphatic heterocycles. The molecule has 6 aliphatic rings. The van der Waals surface area contributed by atoms with Crippen LogP contribution in [0.25, 0.3) is 0 Å². The molecule has 26 heteroatoms. The summed E-state index contributed by atoms with van der Waals surface area (Å²) in [6.07, 6.45) is 7.86. The maximum Gasteiger partial charge on any atom is 0.245 e. The molecule has 5 fully saturated rings. The number of nitrogens with two attached hydrogens (primary N) is 6. The number of guanidine groups is 2. The number of amides is 10. The van der Waals surface area contributed by atoms with Crippen LogP contribution < -0.4 is 66.3 Å². The molecule has 0 spiro atoms. The molecule has 474 valence electrons. The number of likely N-dealkylation sites (tertiary alicyclic amines) is 1. The van der Waals surface area contributed by atoms with Crippen molar-refractivity contribution in [1.82, 2.24) is 41.7 Å². The second-order valence-electron chi connectivity index (χ2n) is 24.9. The first kappa shape index (κ1) is 66.2. The molecule has 1 saturated heterocycles. The number of rotatable bonds is 30. The fourth-order valence-corrected chi connectivity index (χ4v) is 14.0. The zero-order valence-corrected chi connectivity index (χ0v) is 50.3. The molecule has 2 heterocycles. The maximum atomic E-state index is 14.8. The summed E-state index contributed by atoms with van der Waals surface area (Å²) in [6, 6.07) is 6.86. The van der Waals surface area contributed by atoms with E-state index in [1.807, 2.05) is 30.3 Å². The van der Waals surface area contributed by atoms with Crippen molar-refractivity contribution in [3.63, 3.8) is 0 Å². The van der Waals surface area contributed by atoms with Gasteiger partial charge in [0, 0.05) is 45.4 Å². The van der Waals surface area contributed by atoms with Gasteiger partial charge in [0.1, 0.15) is 48.3 Å². The first-order valence-corrected chi connectivity index (χ1v) is 30.6. The molecule has 87 heavy (non-hydrogen) atoms. The summed E-state index contributed by atoms with van der Waals surface area (Å²) in [5, 5.41) is 16.3. The average molecular weight is 1210 g/mol. The van der Waals surface area contributed by atoms with Crippen molar-refractivity contribution in [2.45, 2.75) is 185 Å². The Morgan fingerprint density at radius 3 is 1.70 bits per heavy atom. The minimum absolute atomic E-state index is 0.000683. The summed E-state index contributed by atoms with van der Waals surface area (Å²) in [5.41, 5.74) is 35.5. The maximum absolute atomic E-state index is 14.8. The highest BCUT2D eigenvalue weighted by Gasteiger charge is 2.53. The molecule has 26 nitrogen and oxygen atoms in total. The van der Waals surface area contributed by atoms with Gasteiger partial charge in [0.05, 0.1) is 6.42 Å². The van der Waals surface area contributed by atoms with E-state index in [9.17, 15) is 47.9 Å². The second kappa shape index (κ2) is 30.3. The molecule has 8 atom stereocenters. The molecule has 4 aliphatic carbocycles. The van der Waals surface area contributed by atoms with E-state index >= 15 is 0 Å². The number of carbonyl (C=O) groups excluding carboxylic acids is 10. The summed E-state index contributed by atoms with van der Waals surface area (Å²) in [7, 11) is 0. The zero-order chi connectivity index (χ0) is 63.1. The summed E-state index contributed by atoms with van der Waals surface area (Å²) in [4.78, 5) is 151. The second-order valence-corrected chi connectivity index (χ2v) is 24.9. The van der Waals surface area contributed by atoms with Crippen molar-refractivity contribution in [1.29, 1.82) is 0 Å². The van der Waals surface area contributed by atoms with Crippen LogP contribution in [-0.4, -0.2) is 149 Å². The van der Waals surface area contributed by atoms with Gasteiger partial charge < -0.3 is 76.1 Å². The predicted octanol–water partition coefficient (Wildman–Crippen LogP) is -0.777. The Morgan fingerprint density at radius 1 is 0.598 bits per heavy atom. The molecule has 10 amide bonds. The highest BCUT2D eigenvalue weighted by molar-refractivity contribution is 5.99. The normalized spacial score (nSPS) is 22.8. The SMILES string of the molecule is CC[C@H](NC(=O)[C@H](CC(N)=O)NC(=O)[C@@H](NC(=O)[C@H](Cc1ccccc1)NC(=O)[C@@H]1Cc2ccccc2CN1C(=O)CC12CC3CC(CC(C3)C1)C2)C(C)C)C(=O)N1CCC[C@H]1C(=O)N[C@@H](CCCN=C(N)N)C(=O)N[C@@H](CCCN=C(N)N)C(N)=O. The summed E-state index contributed by atoms with van der Waals surface area (Å²) in [5.74, 6) is -6.10. The van der Waals surface area contributed by atoms with Crippen molar-refractivity contribution in [2.24, 2.45) is 73.5 Å². The van der Waals surface area contributed by atoms with Crippen LogP contribution in [0.4, 0.5) is 0 Å². The van der Waals surface area contributed by atoms with Gasteiger partial charge in [0.15, 0.2) is 11.9 Å². The van der Waals surface area contributed by atoms with Gasteiger partial charge in [-0.2, -0.15) is 0 Å². The Labute approximate surface area is 508 Å². The van der Waals surface area contributed by atoms with Crippen LogP contribution in [0.2, 0.25) is 0 Å². The molecule has 0 aromatic heterocycles. The van der Waals surface area contributed by atoms with E-state index in [-0.39, 0.29) is 101 Å². The van der Waals surface area contributed by atoms with E-state index < -0.39 is 114 Å². The van der Waals surface area contributed by atoms with E-state index in [0.29, 0.717) is 36.2 Å². The minimum Gasteiger partial charge on any atom is -0.370 e. The van der Waals surface area contributed by atoms with Crippen molar-refractivity contribution >= 4 is 71.0 Å². The summed E-state index contributed by atoms with van der Waals surface area (Å²) >= 11 is 0. The van der Waals surface area contributed by atoms with Crippen molar-refractivity contribution in [3.05, 3.63) is 71.3 Å². The minimum atomic E-state index is -1.64. The van der Waals surface area contributed by atoms with Gasteiger partial charge in [-0.1, -0.05) is 75.4 Å². The van der Waals surface area contributed by atoms with E-state index in [2.05, 4.69) is 41.9 Å². The molecule has 2 aromatic carbocycles. The smallest absolute Gasteiger partial charge is 0.245 e. The number of primary amides is 2. The lowest BCUT2D eigenvalue weighted by molar-refractivity contribution is -0.148. The highest BCUT2D eigenvalue weighted by atomic mass is 16.2. The van der Waals surface area contributed by atoms with Crippen molar-refractivity contribution < 1.29 is 47.9 Å². The fraction of sp³-hybridized carbons (Fsp3) is 0.607. The van der Waals surface area contributed by atoms with E-state index in [0.717, 1.165) is 30.4 Å². The van der Waals surface area contributed by atoms with Crippen LogP contribution in [0.15, 0.2) is 64.6 Å². The third kappa shape index (κ3) is 18.1. The molecule has 8 rings (SSSR count). The third-order valence-corrected chi connectivity index (χ3v) is 17.8. The third-order valence-electron chi connectivity index (χ3n) is 17.8. The van der Waals surface area contributed by atoms with Crippen molar-refractivity contribution in [2.75, 3.05) is 19.6 Å². The van der Waals surface area contributed by atoms with E-state index in [4.69, 9.17) is 34.4 Å². The highest BCUT2D eigenvalue weighted by Crippen LogP contribution is 2.61. The van der Waals surface area contributed by atoms with Crippen molar-refractivity contribution in [3.8, 4) is 0 Å². The van der Waals surface area contributed by atoms with Crippen LogP contribution in [-0.2, 0) is 67.3 Å². The Morgan fingerprint density at radius 2 is 1.13 bits per heavy atom. The Kier molecular flexibility index (Phi) is 23.1. The molecule has 0 radical (unpaired) electrons. The first-order valence-electron chi connectivity index (χ1n) is 30.6. The van der Waals surface area contributed by atoms with Crippen LogP contribution in [0.1, 0.15) is 134 Å². The lowest BCUT2D eigenvalue weighted by Gasteiger charge is -2.57. The number of hydrogen-bond acceptors (Lipinski definition) is 12. The monoisotopic (exact) mass is 1210 g/mol. The van der Waals surface area contributed by atoms with Crippen LogP contribution in [0, 0.1) is 29.1 Å². The average Bonchev–Trinajstić information content (AvgIpc) is 1.27. The van der Waals surface area contributed by atoms with Gasteiger partial charge in [-0.05, 0) is 129 Å². The largest absolute Gasteiger partial charge is 0.370 e.